The summed E-state index contributed by atoms with van der Waals surface area (Å²) in [6.07, 6.45) is 6.92. The Kier molecular flexibility index (Phi) is 1.83. The quantitative estimate of drug-likeness (QED) is 0.646. The molecule has 3 nitrogen and oxygen atoms in total. The Balaban J connectivity index is 1.89. The largest absolute Gasteiger partial charge is 0.368 e. The molecule has 3 N–H and O–H groups in total. The van der Waals surface area contributed by atoms with Crippen molar-refractivity contribution < 1.29 is 4.79 Å². The lowest BCUT2D eigenvalue weighted by atomic mass is 10.2. The predicted molar refractivity (Wildman–Crippen MR) is 46.6 cm³/mol. The normalized spacial score (nSPS) is 27.3. The molecule has 1 amide bonds. The summed E-state index contributed by atoms with van der Waals surface area (Å²) in [5.74, 6) is -0.158. The van der Waals surface area contributed by atoms with E-state index in [9.17, 15) is 4.79 Å². The summed E-state index contributed by atoms with van der Waals surface area (Å²) in [6.45, 7) is 0. The molecule has 0 radical (unpaired) electrons. The zero-order valence-electron chi connectivity index (χ0n) is 7.31. The molecule has 68 valence electrons. The van der Waals surface area contributed by atoms with Gasteiger partial charge in [-0.25, -0.2) is 0 Å². The molecule has 2 saturated carbocycles. The minimum Gasteiger partial charge on any atom is -0.368 e. The highest BCUT2D eigenvalue weighted by molar-refractivity contribution is 5.87. The molecule has 12 heavy (non-hydrogen) atoms. The highest BCUT2D eigenvalue weighted by Crippen LogP contribution is 2.37. The maximum absolute atomic E-state index is 11.0. The van der Waals surface area contributed by atoms with E-state index in [0.717, 1.165) is 12.8 Å². The SMILES string of the molecule is NC(=O)C1(NC2CCCC2)CC1. The lowest BCUT2D eigenvalue weighted by Crippen LogP contribution is -2.47. The van der Waals surface area contributed by atoms with Crippen molar-refractivity contribution in [1.29, 1.82) is 0 Å². The zero-order chi connectivity index (χ0) is 8.60. The number of carbonyl (C=O) groups excluding carboxylic acids is 1. The molecule has 0 aromatic carbocycles. The van der Waals surface area contributed by atoms with Crippen molar-refractivity contribution in [2.24, 2.45) is 5.73 Å². The van der Waals surface area contributed by atoms with Crippen molar-refractivity contribution in [2.75, 3.05) is 0 Å². The average molecular weight is 168 g/mol. The van der Waals surface area contributed by atoms with Crippen LogP contribution in [0.3, 0.4) is 0 Å². The second-order valence-corrected chi connectivity index (χ2v) is 4.07. The van der Waals surface area contributed by atoms with Gasteiger partial charge in [-0.3, -0.25) is 4.79 Å². The van der Waals surface area contributed by atoms with Crippen LogP contribution in [0.5, 0.6) is 0 Å². The summed E-state index contributed by atoms with van der Waals surface area (Å²) < 4.78 is 0. The van der Waals surface area contributed by atoms with Gasteiger partial charge in [0.05, 0.1) is 5.54 Å². The molecule has 2 rings (SSSR count). The third-order valence-electron chi connectivity index (χ3n) is 3.06. The number of nitrogens with one attached hydrogen (secondary N) is 1. The Morgan fingerprint density at radius 1 is 1.33 bits per heavy atom. The van der Waals surface area contributed by atoms with E-state index < -0.39 is 0 Å². The van der Waals surface area contributed by atoms with E-state index in [-0.39, 0.29) is 11.4 Å². The summed E-state index contributed by atoms with van der Waals surface area (Å²) >= 11 is 0. The van der Waals surface area contributed by atoms with Gasteiger partial charge in [0.2, 0.25) is 5.91 Å². The molecule has 0 atom stereocenters. The van der Waals surface area contributed by atoms with E-state index in [2.05, 4.69) is 5.32 Å². The highest BCUT2D eigenvalue weighted by Gasteiger charge is 2.49. The topological polar surface area (TPSA) is 55.1 Å². The molecular formula is C9H16N2O. The van der Waals surface area contributed by atoms with Crippen molar-refractivity contribution in [3.63, 3.8) is 0 Å². The van der Waals surface area contributed by atoms with E-state index in [1.54, 1.807) is 0 Å². The maximum atomic E-state index is 11.0. The number of carbonyl (C=O) groups is 1. The second kappa shape index (κ2) is 2.73. The van der Waals surface area contributed by atoms with Crippen LogP contribution < -0.4 is 11.1 Å². The molecule has 0 bridgehead atoms. The molecule has 0 spiro atoms. The summed E-state index contributed by atoms with van der Waals surface area (Å²) in [7, 11) is 0. The monoisotopic (exact) mass is 168 g/mol. The Morgan fingerprint density at radius 3 is 2.33 bits per heavy atom. The summed E-state index contributed by atoms with van der Waals surface area (Å²) in [6, 6.07) is 0.556. The highest BCUT2D eigenvalue weighted by atomic mass is 16.1. The first-order chi connectivity index (χ1) is 5.73. The van der Waals surface area contributed by atoms with Gasteiger partial charge in [0.15, 0.2) is 0 Å². The Bertz CT molecular complexity index is 193. The molecule has 0 unspecified atom stereocenters. The first-order valence-electron chi connectivity index (χ1n) is 4.81. The number of amides is 1. The maximum Gasteiger partial charge on any atom is 0.237 e. The lowest BCUT2D eigenvalue weighted by molar-refractivity contribution is -0.121. The van der Waals surface area contributed by atoms with Gasteiger partial charge in [-0.15, -0.1) is 0 Å². The van der Waals surface area contributed by atoms with Gasteiger partial charge in [-0.05, 0) is 25.7 Å². The van der Waals surface area contributed by atoms with Gasteiger partial charge in [-0.2, -0.15) is 0 Å². The first-order valence-corrected chi connectivity index (χ1v) is 4.81. The molecular weight excluding hydrogens is 152 g/mol. The van der Waals surface area contributed by atoms with E-state index in [4.69, 9.17) is 5.73 Å². The van der Waals surface area contributed by atoms with Crippen LogP contribution in [0, 0.1) is 0 Å². The molecule has 0 aromatic rings. The summed E-state index contributed by atoms with van der Waals surface area (Å²) in [4.78, 5) is 11.0. The summed E-state index contributed by atoms with van der Waals surface area (Å²) in [5.41, 5.74) is 5.01. The van der Waals surface area contributed by atoms with Crippen molar-refractivity contribution in [2.45, 2.75) is 50.1 Å². The van der Waals surface area contributed by atoms with Gasteiger partial charge in [-0.1, -0.05) is 12.8 Å². The van der Waals surface area contributed by atoms with Crippen LogP contribution in [0.2, 0.25) is 0 Å². The first kappa shape index (κ1) is 8.05. The average Bonchev–Trinajstić information content (AvgIpc) is 2.60. The van der Waals surface area contributed by atoms with Gasteiger partial charge < -0.3 is 11.1 Å². The van der Waals surface area contributed by atoms with E-state index in [1.165, 1.54) is 25.7 Å². The van der Waals surface area contributed by atoms with Crippen molar-refractivity contribution in [3.05, 3.63) is 0 Å². The van der Waals surface area contributed by atoms with Crippen molar-refractivity contribution in [3.8, 4) is 0 Å². The van der Waals surface area contributed by atoms with Crippen LogP contribution in [0.4, 0.5) is 0 Å². The number of hydrogen-bond acceptors (Lipinski definition) is 2. The van der Waals surface area contributed by atoms with Crippen LogP contribution in [0.25, 0.3) is 0 Å². The zero-order valence-corrected chi connectivity index (χ0v) is 7.31. The predicted octanol–water partition coefficient (Wildman–Crippen LogP) is 0.536. The lowest BCUT2D eigenvalue weighted by Gasteiger charge is -2.18. The molecule has 0 aromatic heterocycles. The number of rotatable bonds is 3. The van der Waals surface area contributed by atoms with Crippen LogP contribution in [0.1, 0.15) is 38.5 Å². The third kappa shape index (κ3) is 1.33. The molecule has 3 heteroatoms. The van der Waals surface area contributed by atoms with Crippen LogP contribution in [-0.4, -0.2) is 17.5 Å². The molecule has 0 aliphatic heterocycles. The fraction of sp³-hybridized carbons (Fsp3) is 0.889. The molecule has 0 heterocycles. The van der Waals surface area contributed by atoms with E-state index in [1.807, 2.05) is 0 Å². The standard InChI is InChI=1S/C9H16N2O/c10-8(12)9(5-6-9)11-7-3-1-2-4-7/h7,11H,1-6H2,(H2,10,12). The van der Waals surface area contributed by atoms with Crippen LogP contribution >= 0.6 is 0 Å². The number of hydrogen-bond donors (Lipinski definition) is 2. The van der Waals surface area contributed by atoms with Gasteiger partial charge in [0, 0.05) is 6.04 Å². The third-order valence-corrected chi connectivity index (χ3v) is 3.06. The van der Waals surface area contributed by atoms with E-state index in [0.29, 0.717) is 6.04 Å². The fourth-order valence-corrected chi connectivity index (χ4v) is 2.05. The Labute approximate surface area is 72.7 Å². The Morgan fingerprint density at radius 2 is 1.92 bits per heavy atom. The minimum atomic E-state index is -0.297. The molecule has 0 saturated heterocycles. The molecule has 2 fully saturated rings. The second-order valence-electron chi connectivity index (χ2n) is 4.07. The summed E-state index contributed by atoms with van der Waals surface area (Å²) in [5, 5.41) is 3.39. The minimum absolute atomic E-state index is 0.158. The molecule has 2 aliphatic carbocycles. The van der Waals surface area contributed by atoms with Crippen molar-refractivity contribution >= 4 is 5.91 Å². The number of primary amides is 1. The smallest absolute Gasteiger partial charge is 0.237 e. The van der Waals surface area contributed by atoms with E-state index >= 15 is 0 Å². The van der Waals surface area contributed by atoms with Gasteiger partial charge in [0.25, 0.3) is 0 Å². The fourth-order valence-electron chi connectivity index (χ4n) is 2.05. The van der Waals surface area contributed by atoms with Crippen molar-refractivity contribution in [1.82, 2.24) is 5.32 Å². The Hall–Kier alpha value is -0.570. The number of nitrogens with two attached hydrogens (primary N) is 1. The molecule has 2 aliphatic rings. The van der Waals surface area contributed by atoms with Crippen LogP contribution in [0.15, 0.2) is 0 Å². The van der Waals surface area contributed by atoms with Gasteiger partial charge in [0.1, 0.15) is 0 Å². The van der Waals surface area contributed by atoms with Crippen LogP contribution in [-0.2, 0) is 4.79 Å². The van der Waals surface area contributed by atoms with Gasteiger partial charge >= 0.3 is 0 Å².